The Bertz CT molecular complexity index is 1630. The van der Waals surface area contributed by atoms with E-state index in [4.69, 9.17) is 33.0 Å². The van der Waals surface area contributed by atoms with Gasteiger partial charge in [-0.2, -0.15) is 0 Å². The molecule has 0 bridgehead atoms. The van der Waals surface area contributed by atoms with Crippen molar-refractivity contribution in [2.75, 3.05) is 12.4 Å². The van der Waals surface area contributed by atoms with Crippen LogP contribution in [0.25, 0.3) is 26.5 Å². The number of aryl methyl sites for hydroxylation is 1. The molecular weight excluding hydrogens is 623 g/mol. The summed E-state index contributed by atoms with van der Waals surface area (Å²) in [6.45, 7) is 3.79. The maximum absolute atomic E-state index is 10.9. The SMILES string of the molecule is CCC(CSc1ccc(OCC(=O)O)c(C)c1)=C(c1ccc(-c2cc(Cl)cs2)cc1)c1ccc(-c2cc(Cl)cs2)cc1. The molecule has 0 spiro atoms. The van der Waals surface area contributed by atoms with Gasteiger partial charge in [-0.3, -0.25) is 0 Å². The molecule has 2 heterocycles. The first-order valence-corrected chi connectivity index (χ1v) is 16.8. The van der Waals surface area contributed by atoms with E-state index in [-0.39, 0.29) is 6.61 Å². The summed E-state index contributed by atoms with van der Waals surface area (Å²) in [5.41, 5.74) is 8.11. The molecule has 1 N–H and O–H groups in total. The fraction of sp³-hybridized carbons (Fsp3) is 0.147. The van der Waals surface area contributed by atoms with Crippen molar-refractivity contribution >= 4 is 69.2 Å². The molecule has 0 fully saturated rings. The van der Waals surface area contributed by atoms with Gasteiger partial charge in [0, 0.05) is 31.2 Å². The van der Waals surface area contributed by atoms with Gasteiger partial charge in [0.05, 0.1) is 10.0 Å². The second kappa shape index (κ2) is 14.0. The summed E-state index contributed by atoms with van der Waals surface area (Å²) < 4.78 is 5.41. The van der Waals surface area contributed by atoms with Crippen molar-refractivity contribution in [2.24, 2.45) is 0 Å². The normalized spacial score (nSPS) is 11.0. The third-order valence-electron chi connectivity index (χ3n) is 6.74. The highest BCUT2D eigenvalue weighted by molar-refractivity contribution is 7.99. The number of thiophene rings is 2. The van der Waals surface area contributed by atoms with Crippen molar-refractivity contribution in [2.45, 2.75) is 25.2 Å². The third-order valence-corrected chi connectivity index (χ3v) is 10.5. The number of hydrogen-bond acceptors (Lipinski definition) is 5. The number of benzene rings is 3. The number of rotatable bonds is 11. The predicted molar refractivity (Wildman–Crippen MR) is 181 cm³/mol. The molecule has 2 aromatic heterocycles. The van der Waals surface area contributed by atoms with Crippen molar-refractivity contribution < 1.29 is 14.6 Å². The van der Waals surface area contributed by atoms with Gasteiger partial charge in [0.2, 0.25) is 0 Å². The van der Waals surface area contributed by atoms with Crippen LogP contribution in [0.4, 0.5) is 0 Å². The lowest BCUT2D eigenvalue weighted by Gasteiger charge is -2.17. The molecule has 8 heteroatoms. The highest BCUT2D eigenvalue weighted by atomic mass is 35.5. The van der Waals surface area contributed by atoms with E-state index in [1.165, 1.54) is 22.3 Å². The number of hydrogen-bond donors (Lipinski definition) is 1. The first-order chi connectivity index (χ1) is 20.3. The Balaban J connectivity index is 1.47. The summed E-state index contributed by atoms with van der Waals surface area (Å²) in [6, 6.07) is 27.4. The van der Waals surface area contributed by atoms with E-state index in [1.54, 1.807) is 34.4 Å². The number of carbonyl (C=O) groups is 1. The molecule has 3 aromatic carbocycles. The third kappa shape index (κ3) is 7.49. The molecule has 42 heavy (non-hydrogen) atoms. The number of aliphatic carboxylic acids is 1. The zero-order valence-electron chi connectivity index (χ0n) is 23.0. The number of ether oxygens (including phenoxy) is 1. The molecule has 0 saturated carbocycles. The fourth-order valence-corrected chi connectivity index (χ4v) is 7.92. The topological polar surface area (TPSA) is 46.5 Å². The Morgan fingerprint density at radius 2 is 1.38 bits per heavy atom. The second-order valence-electron chi connectivity index (χ2n) is 9.64. The fourth-order valence-electron chi connectivity index (χ4n) is 4.64. The van der Waals surface area contributed by atoms with Crippen LogP contribution < -0.4 is 4.74 Å². The van der Waals surface area contributed by atoms with Gasteiger partial charge >= 0.3 is 5.97 Å². The van der Waals surface area contributed by atoms with E-state index < -0.39 is 5.97 Å². The minimum Gasteiger partial charge on any atom is -0.482 e. The van der Waals surface area contributed by atoms with E-state index in [0.29, 0.717) is 5.75 Å². The van der Waals surface area contributed by atoms with Crippen LogP contribution in [0.5, 0.6) is 5.75 Å². The quantitative estimate of drug-likeness (QED) is 0.144. The molecular formula is C34H28Cl2O3S3. The number of thioether (sulfide) groups is 1. The van der Waals surface area contributed by atoms with Crippen LogP contribution >= 0.6 is 57.6 Å². The lowest BCUT2D eigenvalue weighted by molar-refractivity contribution is -0.139. The Kier molecular flexibility index (Phi) is 10.1. The Labute approximate surface area is 268 Å². The van der Waals surface area contributed by atoms with Gasteiger partial charge in [-0.25, -0.2) is 4.79 Å². The number of carboxylic acid groups (broad SMARTS) is 1. The molecule has 0 aliphatic heterocycles. The van der Waals surface area contributed by atoms with Crippen LogP contribution in [0.1, 0.15) is 30.0 Å². The number of halogens is 2. The summed E-state index contributed by atoms with van der Waals surface area (Å²) in [5, 5.41) is 14.4. The van der Waals surface area contributed by atoms with Gasteiger partial charge in [-0.15, -0.1) is 34.4 Å². The summed E-state index contributed by atoms with van der Waals surface area (Å²) in [4.78, 5) is 14.3. The Hall–Kier alpha value is -3.00. The lowest BCUT2D eigenvalue weighted by atomic mass is 9.91. The molecule has 214 valence electrons. The molecule has 0 atom stereocenters. The van der Waals surface area contributed by atoms with E-state index in [1.807, 2.05) is 41.9 Å². The maximum atomic E-state index is 10.9. The predicted octanol–water partition coefficient (Wildman–Crippen LogP) is 11.2. The molecule has 0 radical (unpaired) electrons. The smallest absolute Gasteiger partial charge is 0.341 e. The summed E-state index contributed by atoms with van der Waals surface area (Å²) in [6.07, 6.45) is 0.895. The van der Waals surface area contributed by atoms with Crippen LogP contribution in [-0.4, -0.2) is 23.4 Å². The average molecular weight is 652 g/mol. The zero-order chi connectivity index (χ0) is 29.6. The molecule has 0 aliphatic carbocycles. The first-order valence-electron chi connectivity index (χ1n) is 13.3. The first kappa shape index (κ1) is 30.5. The monoisotopic (exact) mass is 650 g/mol. The maximum Gasteiger partial charge on any atom is 0.341 e. The summed E-state index contributed by atoms with van der Waals surface area (Å²) in [7, 11) is 0. The minimum absolute atomic E-state index is 0.351. The lowest BCUT2D eigenvalue weighted by Crippen LogP contribution is -2.10. The molecule has 0 aliphatic rings. The standard InChI is InChI=1S/C34H28Cl2O3S3/c1-3-22(18-40-29-12-13-30(21(2)14-29)39-17-33(37)38)34(25-8-4-23(5-9-25)31-15-27(35)19-41-31)26-10-6-24(7-11-26)32-16-28(36)20-42-32/h4-16,19-20H,3,17-18H2,1-2H3,(H,37,38). The largest absolute Gasteiger partial charge is 0.482 e. The van der Waals surface area contributed by atoms with Crippen LogP contribution in [0.2, 0.25) is 10.0 Å². The van der Waals surface area contributed by atoms with E-state index in [0.717, 1.165) is 53.6 Å². The van der Waals surface area contributed by atoms with Crippen LogP contribution in [0.3, 0.4) is 0 Å². The number of carboxylic acids is 1. The van der Waals surface area contributed by atoms with Gasteiger partial charge in [0.1, 0.15) is 5.75 Å². The van der Waals surface area contributed by atoms with Gasteiger partial charge < -0.3 is 9.84 Å². The van der Waals surface area contributed by atoms with Crippen molar-refractivity contribution in [1.82, 2.24) is 0 Å². The minimum atomic E-state index is -0.988. The van der Waals surface area contributed by atoms with E-state index in [2.05, 4.69) is 61.5 Å². The van der Waals surface area contributed by atoms with Crippen molar-refractivity contribution in [3.63, 3.8) is 0 Å². The van der Waals surface area contributed by atoms with Crippen molar-refractivity contribution in [3.8, 4) is 26.6 Å². The average Bonchev–Trinajstić information content (AvgIpc) is 3.63. The highest BCUT2D eigenvalue weighted by Crippen LogP contribution is 2.37. The summed E-state index contributed by atoms with van der Waals surface area (Å²) in [5.74, 6) is 0.413. The van der Waals surface area contributed by atoms with Crippen LogP contribution in [-0.2, 0) is 4.79 Å². The molecule has 3 nitrogen and oxygen atoms in total. The Morgan fingerprint density at radius 1 is 0.833 bits per heavy atom. The molecule has 0 saturated heterocycles. The second-order valence-corrected chi connectivity index (χ2v) is 13.4. The molecule has 5 aromatic rings. The van der Waals surface area contributed by atoms with Crippen molar-refractivity contribution in [1.29, 1.82) is 0 Å². The zero-order valence-corrected chi connectivity index (χ0v) is 27.0. The van der Waals surface area contributed by atoms with E-state index >= 15 is 0 Å². The molecule has 0 unspecified atom stereocenters. The van der Waals surface area contributed by atoms with Crippen LogP contribution in [0.15, 0.2) is 100 Å². The Morgan fingerprint density at radius 3 is 1.81 bits per heavy atom. The van der Waals surface area contributed by atoms with Crippen molar-refractivity contribution in [3.05, 3.63) is 122 Å². The highest BCUT2D eigenvalue weighted by Gasteiger charge is 2.14. The molecule has 5 rings (SSSR count). The molecule has 0 amide bonds. The van der Waals surface area contributed by atoms with Gasteiger partial charge in [-0.05, 0) is 77.1 Å². The summed E-state index contributed by atoms with van der Waals surface area (Å²) >= 11 is 17.4. The van der Waals surface area contributed by atoms with Crippen LogP contribution in [0, 0.1) is 6.92 Å². The van der Waals surface area contributed by atoms with Gasteiger partial charge in [-0.1, -0.05) is 84.2 Å². The van der Waals surface area contributed by atoms with Gasteiger partial charge in [0.15, 0.2) is 6.61 Å². The van der Waals surface area contributed by atoms with E-state index in [9.17, 15) is 4.79 Å². The van der Waals surface area contributed by atoms with Gasteiger partial charge in [0.25, 0.3) is 0 Å².